The predicted octanol–water partition coefficient (Wildman–Crippen LogP) is 4.09. The highest BCUT2D eigenvalue weighted by atomic mass is 35.5. The monoisotopic (exact) mass is 520 g/mol. The third-order valence-corrected chi connectivity index (χ3v) is 10.6. The van der Waals surface area contributed by atoms with Gasteiger partial charge in [-0.2, -0.15) is 0 Å². The van der Waals surface area contributed by atoms with Crippen LogP contribution in [0.4, 0.5) is 0 Å². The van der Waals surface area contributed by atoms with Crippen molar-refractivity contribution in [1.82, 2.24) is 0 Å². The lowest BCUT2D eigenvalue weighted by Crippen LogP contribution is -2.69. The molecule has 0 radical (unpaired) electrons. The van der Waals surface area contributed by atoms with Crippen molar-refractivity contribution in [3.63, 3.8) is 0 Å². The average Bonchev–Trinajstić information content (AvgIpc) is 3.01. The van der Waals surface area contributed by atoms with Crippen molar-refractivity contribution < 1.29 is 33.8 Å². The van der Waals surface area contributed by atoms with Gasteiger partial charge in [0, 0.05) is 30.1 Å². The molecule has 0 amide bonds. The van der Waals surface area contributed by atoms with Crippen LogP contribution in [0.5, 0.6) is 0 Å². The van der Waals surface area contributed by atoms with Crippen LogP contribution in [0.3, 0.4) is 0 Å². The van der Waals surface area contributed by atoms with Gasteiger partial charge in [-0.15, -0.1) is 11.6 Å². The molecule has 3 saturated carbocycles. The molecule has 7 nitrogen and oxygen atoms in total. The number of ether oxygens (including phenoxy) is 2. The van der Waals surface area contributed by atoms with Crippen molar-refractivity contribution in [3.8, 4) is 0 Å². The van der Waals surface area contributed by atoms with Crippen LogP contribution in [0.25, 0.3) is 0 Å². The Labute approximate surface area is 217 Å². The summed E-state index contributed by atoms with van der Waals surface area (Å²) in [6, 6.07) is 0. The fourth-order valence-corrected chi connectivity index (χ4v) is 8.68. The maximum Gasteiger partial charge on any atom is 0.306 e. The molecule has 0 aromatic rings. The van der Waals surface area contributed by atoms with E-state index in [4.69, 9.17) is 21.1 Å². The number of aliphatic hydroxyl groups is 1. The molecule has 3 fully saturated rings. The van der Waals surface area contributed by atoms with E-state index in [-0.39, 0.29) is 36.4 Å². The second kappa shape index (κ2) is 9.09. The van der Waals surface area contributed by atoms with Gasteiger partial charge in [0.1, 0.15) is 0 Å². The molecule has 0 saturated heterocycles. The van der Waals surface area contributed by atoms with E-state index in [9.17, 15) is 24.3 Å². The molecular formula is C28H37ClO7. The molecule has 4 aliphatic rings. The van der Waals surface area contributed by atoms with Crippen molar-refractivity contribution in [3.05, 3.63) is 23.8 Å². The molecule has 0 unspecified atom stereocenters. The zero-order chi connectivity index (χ0) is 26.7. The van der Waals surface area contributed by atoms with Crippen molar-refractivity contribution in [1.29, 1.82) is 0 Å². The highest BCUT2D eigenvalue weighted by molar-refractivity contribution is 6.26. The van der Waals surface area contributed by atoms with Gasteiger partial charge in [0.15, 0.2) is 18.0 Å². The molecule has 0 aliphatic heterocycles. The molecule has 198 valence electrons. The fraction of sp³-hybridized carbons (Fsp3) is 0.714. The summed E-state index contributed by atoms with van der Waals surface area (Å²) in [5, 5.41) is 11.8. The Morgan fingerprint density at radius 1 is 1.22 bits per heavy atom. The Hall–Kier alpha value is -1.99. The normalized spacial score (nSPS) is 43.1. The van der Waals surface area contributed by atoms with E-state index in [1.54, 1.807) is 6.08 Å². The molecule has 4 rings (SSSR count). The van der Waals surface area contributed by atoms with Gasteiger partial charge in [0.05, 0.1) is 11.0 Å². The topological polar surface area (TPSA) is 107 Å². The Kier molecular flexibility index (Phi) is 6.83. The van der Waals surface area contributed by atoms with E-state index in [0.717, 1.165) is 5.57 Å². The van der Waals surface area contributed by atoms with Gasteiger partial charge in [-0.3, -0.25) is 19.2 Å². The third-order valence-electron chi connectivity index (χ3n) is 9.72. The number of rotatable bonds is 6. The number of Topliss-reactive ketones (excluding diaryl/α,β-unsaturated/α-hetero) is 1. The Bertz CT molecular complexity index is 1050. The molecule has 8 atom stereocenters. The van der Waals surface area contributed by atoms with E-state index >= 15 is 0 Å². The van der Waals surface area contributed by atoms with Crippen LogP contribution in [0.1, 0.15) is 73.1 Å². The van der Waals surface area contributed by atoms with Crippen LogP contribution in [0.15, 0.2) is 23.8 Å². The van der Waals surface area contributed by atoms with Gasteiger partial charge in [-0.05, 0) is 56.1 Å². The molecular weight excluding hydrogens is 484 g/mol. The maximum absolute atomic E-state index is 13.8. The zero-order valence-electron chi connectivity index (χ0n) is 21.8. The third kappa shape index (κ3) is 3.56. The number of fused-ring (bicyclic) bond motifs is 5. The number of hydrogen-bond donors (Lipinski definition) is 1. The van der Waals surface area contributed by atoms with Gasteiger partial charge in [0.25, 0.3) is 0 Å². The molecule has 0 bridgehead atoms. The van der Waals surface area contributed by atoms with Crippen molar-refractivity contribution in [2.75, 3.05) is 6.61 Å². The molecule has 4 aliphatic carbocycles. The summed E-state index contributed by atoms with van der Waals surface area (Å²) >= 11 is 7.47. The summed E-state index contributed by atoms with van der Waals surface area (Å²) in [6.07, 6.45) is 6.74. The Morgan fingerprint density at radius 3 is 2.56 bits per heavy atom. The maximum atomic E-state index is 13.8. The minimum absolute atomic E-state index is 0.0806. The first-order valence-corrected chi connectivity index (χ1v) is 13.4. The average molecular weight is 521 g/mol. The molecule has 8 heteroatoms. The number of esters is 2. The summed E-state index contributed by atoms with van der Waals surface area (Å²) in [6.45, 7) is 8.40. The molecule has 0 aromatic heterocycles. The summed E-state index contributed by atoms with van der Waals surface area (Å²) in [5.74, 6) is -2.30. The minimum Gasteiger partial charge on any atom is -0.457 e. The molecule has 0 heterocycles. The van der Waals surface area contributed by atoms with Crippen LogP contribution in [-0.4, -0.2) is 51.8 Å². The van der Waals surface area contributed by atoms with Crippen molar-refractivity contribution in [2.45, 2.75) is 89.7 Å². The number of alkyl halides is 1. The van der Waals surface area contributed by atoms with Gasteiger partial charge >= 0.3 is 11.9 Å². The summed E-state index contributed by atoms with van der Waals surface area (Å²) in [5.41, 5.74) is -2.27. The highest BCUT2D eigenvalue weighted by Gasteiger charge is 2.76. The van der Waals surface area contributed by atoms with E-state index < -0.39 is 51.7 Å². The number of allylic oxidation sites excluding steroid dienone is 4. The van der Waals surface area contributed by atoms with Crippen LogP contribution in [-0.2, 0) is 28.7 Å². The van der Waals surface area contributed by atoms with Crippen LogP contribution < -0.4 is 0 Å². The molecule has 0 spiro atoms. The first kappa shape index (κ1) is 27.1. The van der Waals surface area contributed by atoms with E-state index in [2.05, 4.69) is 0 Å². The van der Waals surface area contributed by atoms with Crippen LogP contribution >= 0.6 is 11.6 Å². The first-order chi connectivity index (χ1) is 16.8. The van der Waals surface area contributed by atoms with E-state index in [0.29, 0.717) is 25.7 Å². The number of carbonyl (C=O) groups is 4. The summed E-state index contributed by atoms with van der Waals surface area (Å²) < 4.78 is 11.2. The molecule has 0 aromatic carbocycles. The van der Waals surface area contributed by atoms with E-state index in [1.807, 2.05) is 33.8 Å². The lowest BCUT2D eigenvalue weighted by molar-refractivity contribution is -0.202. The van der Waals surface area contributed by atoms with Crippen LogP contribution in [0.2, 0.25) is 0 Å². The van der Waals surface area contributed by atoms with Gasteiger partial charge < -0.3 is 14.6 Å². The van der Waals surface area contributed by atoms with Gasteiger partial charge in [-0.1, -0.05) is 39.3 Å². The lowest BCUT2D eigenvalue weighted by atomic mass is 9.45. The summed E-state index contributed by atoms with van der Waals surface area (Å²) in [4.78, 5) is 49.3. The van der Waals surface area contributed by atoms with Gasteiger partial charge in [-0.25, -0.2) is 0 Å². The smallest absolute Gasteiger partial charge is 0.306 e. The number of halogens is 1. The standard InChI is InChI=1S/C28H37ClO7/c1-6-7-24(34)35-15-23(33)28(36-17(3)30)16(2)12-21-20-9-8-18-13-19(31)10-11-25(18,4)27(20,29)22(32)14-26(21,28)5/h10-11,13,16,20-22,32H,6-9,12,14-15H2,1-5H3/t16-,20+,21+,22+,25+,26+,27+,28+/m1/s1. The van der Waals surface area contributed by atoms with Gasteiger partial charge in [0.2, 0.25) is 5.78 Å². The zero-order valence-corrected chi connectivity index (χ0v) is 22.5. The number of carbonyl (C=O) groups excluding carboxylic acids is 4. The Balaban J connectivity index is 1.77. The van der Waals surface area contributed by atoms with E-state index in [1.165, 1.54) is 13.0 Å². The fourth-order valence-electron chi connectivity index (χ4n) is 8.16. The largest absolute Gasteiger partial charge is 0.457 e. The molecule has 36 heavy (non-hydrogen) atoms. The SMILES string of the molecule is CCCC(=O)OCC(=O)[C@@]1(OC(C)=O)[C@H](C)C[C@H]2[C@@H]3CCC4=CC(=O)C=C[C@]4(C)[C@@]3(Cl)[C@@H](O)C[C@@]21C. The predicted molar refractivity (Wildman–Crippen MR) is 133 cm³/mol. The molecule has 1 N–H and O–H groups in total. The quantitative estimate of drug-likeness (QED) is 0.415. The second-order valence-electron chi connectivity index (χ2n) is 11.6. The van der Waals surface area contributed by atoms with Crippen molar-refractivity contribution in [2.24, 2.45) is 28.6 Å². The number of aliphatic hydroxyl groups excluding tert-OH is 1. The first-order valence-electron chi connectivity index (χ1n) is 13.0. The summed E-state index contributed by atoms with van der Waals surface area (Å²) in [7, 11) is 0. The Morgan fingerprint density at radius 2 is 1.92 bits per heavy atom. The number of ketones is 2. The number of hydrogen-bond acceptors (Lipinski definition) is 7. The highest BCUT2D eigenvalue weighted by Crippen LogP contribution is 2.72. The van der Waals surface area contributed by atoms with Crippen molar-refractivity contribution >= 4 is 35.1 Å². The lowest BCUT2D eigenvalue weighted by Gasteiger charge is -2.64. The van der Waals surface area contributed by atoms with Crippen LogP contribution in [0, 0.1) is 28.6 Å². The second-order valence-corrected chi connectivity index (χ2v) is 12.2. The minimum atomic E-state index is -1.55.